The fourth-order valence-corrected chi connectivity index (χ4v) is 6.36. The lowest BCUT2D eigenvalue weighted by Gasteiger charge is -2.48. The minimum Gasteiger partial charge on any atom is -0.523 e. The quantitative estimate of drug-likeness (QED) is 0.452. The number of aromatic nitrogens is 2. The van der Waals surface area contributed by atoms with E-state index in [2.05, 4.69) is 30.0 Å². The highest BCUT2D eigenvalue weighted by molar-refractivity contribution is 5.75. The average Bonchev–Trinajstić information content (AvgIpc) is 2.90. The van der Waals surface area contributed by atoms with Gasteiger partial charge < -0.3 is 14.7 Å². The Balaban J connectivity index is 1.62. The molecule has 38 heavy (non-hydrogen) atoms. The molecule has 0 saturated heterocycles. The molecule has 1 amide bonds. The van der Waals surface area contributed by atoms with Crippen LogP contribution in [0.15, 0.2) is 47.9 Å². The van der Waals surface area contributed by atoms with E-state index in [1.165, 1.54) is 0 Å². The van der Waals surface area contributed by atoms with E-state index in [0.29, 0.717) is 37.5 Å². The molecule has 0 spiro atoms. The third-order valence-electron chi connectivity index (χ3n) is 8.21. The molecule has 1 aromatic heterocycles. The van der Waals surface area contributed by atoms with Crippen molar-refractivity contribution >= 4 is 11.7 Å². The van der Waals surface area contributed by atoms with Crippen molar-refractivity contribution in [2.24, 2.45) is 11.8 Å². The summed E-state index contributed by atoms with van der Waals surface area (Å²) in [6.45, 7) is 18.5. The van der Waals surface area contributed by atoms with Gasteiger partial charge in [0.15, 0.2) is 5.82 Å². The first-order chi connectivity index (χ1) is 18.0. The number of aliphatic hydroxyl groups excluding tert-OH is 1. The van der Waals surface area contributed by atoms with Gasteiger partial charge in [0.2, 0.25) is 5.70 Å². The molecule has 198 valence electrons. The summed E-state index contributed by atoms with van der Waals surface area (Å²) in [4.78, 5) is 28.6. The van der Waals surface area contributed by atoms with Gasteiger partial charge in [-0.3, -0.25) is 0 Å². The fourth-order valence-electron chi connectivity index (χ4n) is 6.36. The predicted molar refractivity (Wildman–Crippen MR) is 147 cm³/mol. The van der Waals surface area contributed by atoms with Gasteiger partial charge in [-0.05, 0) is 52.4 Å². The van der Waals surface area contributed by atoms with E-state index in [9.17, 15) is 9.90 Å². The van der Waals surface area contributed by atoms with Crippen LogP contribution in [-0.4, -0.2) is 44.8 Å². The Hall–Kier alpha value is -3.66. The zero-order chi connectivity index (χ0) is 27.2. The largest absolute Gasteiger partial charge is 0.523 e. The van der Waals surface area contributed by atoms with Crippen LogP contribution in [0.4, 0.5) is 4.79 Å². The van der Waals surface area contributed by atoms with Crippen LogP contribution in [0.2, 0.25) is 0 Å². The molecule has 2 aromatic rings. The van der Waals surface area contributed by atoms with Gasteiger partial charge in [0.25, 0.3) is 0 Å². The Bertz CT molecular complexity index is 1370. The maximum Gasteiger partial charge on any atom is 0.410 e. The first kappa shape index (κ1) is 26.0. The predicted octanol–water partition coefficient (Wildman–Crippen LogP) is 6.72. The maximum absolute atomic E-state index is 12.9. The van der Waals surface area contributed by atoms with Crippen LogP contribution >= 0.6 is 0 Å². The Labute approximate surface area is 225 Å². The molecule has 1 aliphatic heterocycles. The molecule has 3 atom stereocenters. The van der Waals surface area contributed by atoms with E-state index in [1.807, 2.05) is 45.9 Å². The first-order valence-electron chi connectivity index (χ1n) is 13.5. The lowest BCUT2D eigenvalue weighted by molar-refractivity contribution is 0.0273. The second kappa shape index (κ2) is 9.58. The van der Waals surface area contributed by atoms with E-state index in [0.717, 1.165) is 40.9 Å². The number of rotatable bonds is 2. The van der Waals surface area contributed by atoms with Crippen molar-refractivity contribution < 1.29 is 14.6 Å². The van der Waals surface area contributed by atoms with Crippen LogP contribution in [-0.2, 0) is 16.6 Å². The number of aliphatic hydroxyl groups is 1. The van der Waals surface area contributed by atoms with Crippen molar-refractivity contribution in [1.29, 1.82) is 0 Å². The van der Waals surface area contributed by atoms with Crippen molar-refractivity contribution in [3.63, 3.8) is 0 Å². The summed E-state index contributed by atoms with van der Waals surface area (Å²) in [5.74, 6) is 0.909. The molecule has 1 N–H and O–H groups in total. The summed E-state index contributed by atoms with van der Waals surface area (Å²) in [5, 5.41) is 10.8. The number of hydrogen-bond donors (Lipinski definition) is 1. The van der Waals surface area contributed by atoms with Gasteiger partial charge in [0.1, 0.15) is 5.60 Å². The van der Waals surface area contributed by atoms with Gasteiger partial charge in [-0.25, -0.2) is 19.6 Å². The molecule has 0 bridgehead atoms. The Morgan fingerprint density at radius 2 is 1.97 bits per heavy atom. The Kier molecular flexibility index (Phi) is 6.54. The number of allylic oxidation sites excluding steroid dienone is 2. The molecule has 1 aromatic carbocycles. The molecular formula is C31H36N4O3. The van der Waals surface area contributed by atoms with Crippen LogP contribution < -0.4 is 0 Å². The van der Waals surface area contributed by atoms with Crippen LogP contribution in [0.3, 0.4) is 0 Å². The maximum atomic E-state index is 12.9. The molecule has 0 radical (unpaired) electrons. The number of carbonyl (C=O) groups excluding carboxylic acids is 1. The highest BCUT2D eigenvalue weighted by atomic mass is 16.6. The molecule has 0 saturated carbocycles. The molecule has 2 heterocycles. The van der Waals surface area contributed by atoms with E-state index >= 15 is 0 Å². The number of ether oxygens (including phenoxy) is 1. The van der Waals surface area contributed by atoms with Crippen molar-refractivity contribution in [3.05, 3.63) is 76.4 Å². The summed E-state index contributed by atoms with van der Waals surface area (Å²) in [6.07, 6.45) is 4.66. The average molecular weight is 513 g/mol. The summed E-state index contributed by atoms with van der Waals surface area (Å²) in [7, 11) is 0. The smallest absolute Gasteiger partial charge is 0.410 e. The topological polar surface area (TPSA) is 79.9 Å². The highest BCUT2D eigenvalue weighted by Gasteiger charge is 2.50. The molecule has 5 rings (SSSR count). The lowest BCUT2D eigenvalue weighted by atomic mass is 9.57. The number of nitrogens with zero attached hydrogens (tertiary/aromatic N) is 4. The fraction of sp³-hybridized carbons (Fsp3) is 0.484. The van der Waals surface area contributed by atoms with E-state index in [-0.39, 0.29) is 23.7 Å². The molecule has 7 heteroatoms. The van der Waals surface area contributed by atoms with Crippen LogP contribution in [0.5, 0.6) is 0 Å². The second-order valence-electron chi connectivity index (χ2n) is 12.0. The number of amides is 1. The number of fused-ring (bicyclic) bond motifs is 3. The van der Waals surface area contributed by atoms with Crippen molar-refractivity contribution in [1.82, 2.24) is 14.9 Å². The number of carbonyl (C=O) groups is 1. The van der Waals surface area contributed by atoms with Crippen molar-refractivity contribution in [2.75, 3.05) is 13.1 Å². The summed E-state index contributed by atoms with van der Waals surface area (Å²) >= 11 is 0. The minimum absolute atomic E-state index is 0.110. The number of benzene rings is 1. The third kappa shape index (κ3) is 4.57. The molecule has 3 aliphatic rings. The summed E-state index contributed by atoms with van der Waals surface area (Å²) in [5.41, 5.74) is 4.39. The van der Waals surface area contributed by atoms with Gasteiger partial charge in [-0.1, -0.05) is 50.3 Å². The van der Waals surface area contributed by atoms with E-state index in [1.54, 1.807) is 4.90 Å². The summed E-state index contributed by atoms with van der Waals surface area (Å²) in [6, 6.07) is 10.2. The zero-order valence-corrected chi connectivity index (χ0v) is 22.9. The highest BCUT2D eigenvalue weighted by Crippen LogP contribution is 2.54. The van der Waals surface area contributed by atoms with Gasteiger partial charge in [0, 0.05) is 34.6 Å². The Morgan fingerprint density at radius 3 is 2.66 bits per heavy atom. The van der Waals surface area contributed by atoms with E-state index in [4.69, 9.17) is 21.3 Å². The van der Waals surface area contributed by atoms with Crippen LogP contribution in [0.1, 0.15) is 71.0 Å². The normalized spacial score (nSPS) is 25.2. The van der Waals surface area contributed by atoms with Gasteiger partial charge in [-0.15, -0.1) is 0 Å². The van der Waals surface area contributed by atoms with Gasteiger partial charge >= 0.3 is 6.09 Å². The van der Waals surface area contributed by atoms with Crippen molar-refractivity contribution in [3.8, 4) is 11.3 Å². The molecule has 0 fully saturated rings. The monoisotopic (exact) mass is 512 g/mol. The standard InChI is InChI=1S/C31H36N4O3/c1-19-23-15-14-22-25(20-11-8-7-9-12-20)33-28(34-27(22)31(23,5)17-24(32-6)26(19)36)21-13-10-16-35(18-21)29(37)38-30(2,3)4/h7-9,11-13,19,23,36H,10,14-18H2,1-5H3/t19-,23-,31-/m1/s1. The molecule has 7 nitrogen and oxygen atoms in total. The van der Waals surface area contributed by atoms with Crippen molar-refractivity contribution in [2.45, 2.75) is 71.3 Å². The van der Waals surface area contributed by atoms with Gasteiger partial charge in [-0.2, -0.15) is 0 Å². The zero-order valence-electron chi connectivity index (χ0n) is 22.9. The Morgan fingerprint density at radius 1 is 1.24 bits per heavy atom. The molecular weight excluding hydrogens is 476 g/mol. The lowest BCUT2D eigenvalue weighted by Crippen LogP contribution is -2.45. The molecule has 0 unspecified atom stereocenters. The third-order valence-corrected chi connectivity index (χ3v) is 8.21. The SMILES string of the molecule is [C-]#[N+]C1=C(O)[C@H](C)[C@H]2CCc3c(-c4ccccc4)nc(C4=CCCN(C(=O)OC(C)(C)C)C4)nc3[C@]2(C)C1. The van der Waals surface area contributed by atoms with E-state index < -0.39 is 11.0 Å². The summed E-state index contributed by atoms with van der Waals surface area (Å²) < 4.78 is 5.64. The molecule has 2 aliphatic carbocycles. The van der Waals surface area contributed by atoms with Gasteiger partial charge in [0.05, 0.1) is 30.3 Å². The van der Waals surface area contributed by atoms with Crippen LogP contribution in [0.25, 0.3) is 21.7 Å². The van der Waals surface area contributed by atoms with Crippen LogP contribution in [0, 0.1) is 18.4 Å². The first-order valence-corrected chi connectivity index (χ1v) is 13.5. The number of hydrogen-bond acceptors (Lipinski definition) is 5. The minimum atomic E-state index is -0.567. The second-order valence-corrected chi connectivity index (χ2v) is 12.0.